The van der Waals surface area contributed by atoms with Crippen molar-refractivity contribution in [3.8, 4) is 12.1 Å². The topological polar surface area (TPSA) is 109 Å². The van der Waals surface area contributed by atoms with E-state index in [1.54, 1.807) is 12.1 Å². The number of benzene rings is 1. The van der Waals surface area contributed by atoms with Gasteiger partial charge in [-0.1, -0.05) is 11.6 Å². The van der Waals surface area contributed by atoms with E-state index < -0.39 is 5.97 Å². The Morgan fingerprint density at radius 1 is 1.41 bits per heavy atom. The molecule has 1 aromatic carbocycles. The Balaban J connectivity index is 2.96. The Morgan fingerprint density at radius 3 is 2.53 bits per heavy atom. The van der Waals surface area contributed by atoms with Crippen molar-refractivity contribution in [2.24, 2.45) is 5.10 Å². The van der Waals surface area contributed by atoms with Crippen molar-refractivity contribution in [2.45, 2.75) is 0 Å². The molecule has 1 rings (SSSR count). The average molecular weight is 249 g/mol. The van der Waals surface area contributed by atoms with Gasteiger partial charge < -0.3 is 5.11 Å². The molecule has 0 saturated heterocycles. The summed E-state index contributed by atoms with van der Waals surface area (Å²) >= 11 is 5.78. The number of carboxylic acids is 1. The SMILES string of the molecule is N#CC(C#N)=NNc1ccc(C(=O)O)cc1Cl. The minimum absolute atomic E-state index is 0.0327. The second kappa shape index (κ2) is 5.50. The van der Waals surface area contributed by atoms with E-state index in [1.165, 1.54) is 18.2 Å². The molecule has 0 fully saturated rings. The fraction of sp³-hybridized carbons (Fsp3) is 0. The third kappa shape index (κ3) is 3.20. The molecule has 0 amide bonds. The van der Waals surface area contributed by atoms with Crippen LogP contribution in [0, 0.1) is 22.7 Å². The van der Waals surface area contributed by atoms with Gasteiger partial charge in [0.15, 0.2) is 0 Å². The van der Waals surface area contributed by atoms with Crippen molar-refractivity contribution in [1.29, 1.82) is 10.5 Å². The highest BCUT2D eigenvalue weighted by atomic mass is 35.5. The molecule has 0 bridgehead atoms. The molecule has 0 unspecified atom stereocenters. The van der Waals surface area contributed by atoms with Crippen LogP contribution < -0.4 is 5.43 Å². The molecule has 84 valence electrons. The molecule has 0 aliphatic heterocycles. The molecule has 1 aromatic rings. The lowest BCUT2D eigenvalue weighted by molar-refractivity contribution is 0.0697. The lowest BCUT2D eigenvalue weighted by Crippen LogP contribution is -1.99. The highest BCUT2D eigenvalue weighted by Crippen LogP contribution is 2.23. The van der Waals surface area contributed by atoms with Gasteiger partial charge in [-0.2, -0.15) is 15.6 Å². The highest BCUT2D eigenvalue weighted by molar-refractivity contribution is 6.33. The zero-order valence-electron chi connectivity index (χ0n) is 8.31. The van der Waals surface area contributed by atoms with Gasteiger partial charge in [0.25, 0.3) is 0 Å². The number of rotatable bonds is 3. The molecule has 0 aliphatic rings. The summed E-state index contributed by atoms with van der Waals surface area (Å²) in [6, 6.07) is 7.07. The summed E-state index contributed by atoms with van der Waals surface area (Å²) in [5.41, 5.74) is 2.38. The van der Waals surface area contributed by atoms with Crippen LogP contribution >= 0.6 is 11.6 Å². The van der Waals surface area contributed by atoms with E-state index in [4.69, 9.17) is 27.2 Å². The molecular weight excluding hydrogens is 244 g/mol. The third-order valence-electron chi connectivity index (χ3n) is 1.72. The molecule has 7 heteroatoms. The van der Waals surface area contributed by atoms with Gasteiger partial charge >= 0.3 is 5.97 Å². The largest absolute Gasteiger partial charge is 0.478 e. The minimum atomic E-state index is -1.10. The smallest absolute Gasteiger partial charge is 0.335 e. The number of nitriles is 2. The molecule has 0 heterocycles. The third-order valence-corrected chi connectivity index (χ3v) is 2.03. The molecule has 2 N–H and O–H groups in total. The van der Waals surface area contributed by atoms with Crippen LogP contribution in [0.2, 0.25) is 5.02 Å². The van der Waals surface area contributed by atoms with E-state index >= 15 is 0 Å². The van der Waals surface area contributed by atoms with Gasteiger partial charge in [0, 0.05) is 0 Å². The van der Waals surface area contributed by atoms with E-state index in [1.807, 2.05) is 0 Å². The van der Waals surface area contributed by atoms with Gasteiger partial charge in [-0.25, -0.2) is 4.79 Å². The lowest BCUT2D eigenvalue weighted by Gasteiger charge is -2.03. The molecule has 17 heavy (non-hydrogen) atoms. The van der Waals surface area contributed by atoms with Crippen molar-refractivity contribution in [1.82, 2.24) is 0 Å². The van der Waals surface area contributed by atoms with Gasteiger partial charge in [0.2, 0.25) is 5.71 Å². The van der Waals surface area contributed by atoms with Crippen molar-refractivity contribution in [2.75, 3.05) is 5.43 Å². The van der Waals surface area contributed by atoms with E-state index in [0.29, 0.717) is 5.69 Å². The number of carbonyl (C=O) groups is 1. The van der Waals surface area contributed by atoms with E-state index in [0.717, 1.165) is 0 Å². The molecule has 0 aliphatic carbocycles. The number of hydrogen-bond acceptors (Lipinski definition) is 5. The van der Waals surface area contributed by atoms with E-state index in [2.05, 4.69) is 10.5 Å². The van der Waals surface area contributed by atoms with Crippen molar-refractivity contribution in [3.63, 3.8) is 0 Å². The molecular formula is C10H5ClN4O2. The Labute approximate surface area is 101 Å². The predicted octanol–water partition coefficient (Wildman–Crippen LogP) is 1.85. The second-order valence-corrected chi connectivity index (χ2v) is 3.20. The Kier molecular flexibility index (Phi) is 4.04. The lowest BCUT2D eigenvalue weighted by atomic mass is 10.2. The van der Waals surface area contributed by atoms with Crippen molar-refractivity contribution < 1.29 is 9.90 Å². The summed E-state index contributed by atoms with van der Waals surface area (Å²) in [4.78, 5) is 10.6. The van der Waals surface area contributed by atoms with Crippen molar-refractivity contribution >= 4 is 29.0 Å². The number of aromatic carboxylic acids is 1. The predicted molar refractivity (Wildman–Crippen MR) is 60.7 cm³/mol. The van der Waals surface area contributed by atoms with Crippen LogP contribution in [0.1, 0.15) is 10.4 Å². The molecule has 6 nitrogen and oxygen atoms in total. The number of halogens is 1. The molecule has 0 radical (unpaired) electrons. The number of hydrogen-bond donors (Lipinski definition) is 2. The Hall–Kier alpha value is -2.57. The quantitative estimate of drug-likeness (QED) is 0.627. The highest BCUT2D eigenvalue weighted by Gasteiger charge is 2.06. The van der Waals surface area contributed by atoms with Gasteiger partial charge in [0.05, 0.1) is 16.3 Å². The summed E-state index contributed by atoms with van der Waals surface area (Å²) in [6.07, 6.45) is 0. The summed E-state index contributed by atoms with van der Waals surface area (Å²) in [5, 5.41) is 29.2. The second-order valence-electron chi connectivity index (χ2n) is 2.80. The maximum absolute atomic E-state index is 10.6. The van der Waals surface area contributed by atoms with E-state index in [-0.39, 0.29) is 16.3 Å². The fourth-order valence-corrected chi connectivity index (χ4v) is 1.15. The summed E-state index contributed by atoms with van der Waals surface area (Å²) in [5.74, 6) is -1.10. The first kappa shape index (κ1) is 12.5. The number of hydrazone groups is 1. The van der Waals surface area contributed by atoms with Crippen LogP contribution in [0.25, 0.3) is 0 Å². The van der Waals surface area contributed by atoms with Gasteiger partial charge in [-0.05, 0) is 18.2 Å². The zero-order valence-corrected chi connectivity index (χ0v) is 9.06. The maximum atomic E-state index is 10.6. The molecule has 0 spiro atoms. The number of nitrogens with one attached hydrogen (secondary N) is 1. The van der Waals surface area contributed by atoms with Gasteiger partial charge in [0.1, 0.15) is 12.1 Å². The summed E-state index contributed by atoms with van der Waals surface area (Å²) in [6.45, 7) is 0. The minimum Gasteiger partial charge on any atom is -0.478 e. The van der Waals surface area contributed by atoms with Crippen LogP contribution in [0.3, 0.4) is 0 Å². The van der Waals surface area contributed by atoms with E-state index in [9.17, 15) is 4.79 Å². The fourth-order valence-electron chi connectivity index (χ4n) is 0.930. The molecule has 0 atom stereocenters. The zero-order chi connectivity index (χ0) is 12.8. The normalized spacial score (nSPS) is 8.65. The van der Waals surface area contributed by atoms with Crippen molar-refractivity contribution in [3.05, 3.63) is 28.8 Å². The van der Waals surface area contributed by atoms with Crippen LogP contribution in [-0.4, -0.2) is 16.8 Å². The van der Waals surface area contributed by atoms with Crippen LogP contribution in [0.15, 0.2) is 23.3 Å². The van der Waals surface area contributed by atoms with Crippen LogP contribution in [0.5, 0.6) is 0 Å². The average Bonchev–Trinajstić information content (AvgIpc) is 2.31. The standard InChI is InChI=1S/C10H5ClN4O2/c11-8-3-6(10(16)17)1-2-9(8)15-14-7(4-12)5-13/h1-3,15H,(H,16,17). The van der Waals surface area contributed by atoms with Crippen LogP contribution in [0.4, 0.5) is 5.69 Å². The number of carboxylic acid groups (broad SMARTS) is 1. The summed E-state index contributed by atoms with van der Waals surface area (Å²) < 4.78 is 0. The van der Waals surface area contributed by atoms with Gasteiger partial charge in [-0.15, -0.1) is 0 Å². The monoisotopic (exact) mass is 248 g/mol. The maximum Gasteiger partial charge on any atom is 0.335 e. The number of anilines is 1. The first-order valence-corrected chi connectivity index (χ1v) is 4.63. The number of nitrogens with zero attached hydrogens (tertiary/aromatic N) is 3. The first-order chi connectivity index (χ1) is 8.08. The Morgan fingerprint density at radius 2 is 2.06 bits per heavy atom. The van der Waals surface area contributed by atoms with Gasteiger partial charge in [-0.3, -0.25) is 5.43 Å². The molecule has 0 aromatic heterocycles. The Bertz CT molecular complexity index is 553. The first-order valence-electron chi connectivity index (χ1n) is 4.25. The van der Waals surface area contributed by atoms with Crippen LogP contribution in [-0.2, 0) is 0 Å². The summed E-state index contributed by atoms with van der Waals surface area (Å²) in [7, 11) is 0. The molecule has 0 saturated carbocycles.